The first-order chi connectivity index (χ1) is 11.5. The van der Waals surface area contributed by atoms with Crippen molar-refractivity contribution in [1.29, 1.82) is 0 Å². The molecule has 0 saturated heterocycles. The molecule has 0 spiro atoms. The Bertz CT molecular complexity index is 668. The number of likely N-dealkylation sites (N-methyl/N-ethyl adjacent to an activating group) is 1. The zero-order chi connectivity index (χ0) is 17.1. The summed E-state index contributed by atoms with van der Waals surface area (Å²) >= 11 is 12.4. The molecular weight excluding hydrogens is 349 g/mol. The smallest absolute Gasteiger partial charge is 0.230 e. The lowest BCUT2D eigenvalue weighted by molar-refractivity contribution is 0.0502. The third-order valence-electron chi connectivity index (χ3n) is 3.76. The van der Waals surface area contributed by atoms with E-state index in [9.17, 15) is 0 Å². The van der Waals surface area contributed by atoms with Crippen molar-refractivity contribution in [2.24, 2.45) is 0 Å². The van der Waals surface area contributed by atoms with Crippen LogP contribution in [0.2, 0.25) is 10.0 Å². The zero-order valence-corrected chi connectivity index (χ0v) is 15.1. The number of fused-ring (bicyclic) bond motifs is 2. The number of benzene rings is 2. The Morgan fingerprint density at radius 1 is 1.00 bits per heavy atom. The molecule has 0 amide bonds. The molecule has 0 bridgehead atoms. The second kappa shape index (κ2) is 7.62. The van der Waals surface area contributed by atoms with Gasteiger partial charge >= 0.3 is 0 Å². The molecule has 0 N–H and O–H groups in total. The first kappa shape index (κ1) is 17.4. The van der Waals surface area contributed by atoms with Gasteiger partial charge in [0.05, 0.1) is 6.61 Å². The lowest BCUT2D eigenvalue weighted by Crippen LogP contribution is -2.22. The molecule has 4 nitrogen and oxygen atoms in total. The van der Waals surface area contributed by atoms with Crippen molar-refractivity contribution in [2.75, 3.05) is 34.0 Å². The fourth-order valence-electron chi connectivity index (χ4n) is 2.57. The summed E-state index contributed by atoms with van der Waals surface area (Å²) in [5.41, 5.74) is 1.74. The van der Waals surface area contributed by atoms with Crippen LogP contribution >= 0.6 is 23.2 Å². The molecule has 0 aliphatic carbocycles. The van der Waals surface area contributed by atoms with Crippen LogP contribution in [0, 0.1) is 0 Å². The van der Waals surface area contributed by atoms with Crippen molar-refractivity contribution in [2.45, 2.75) is 6.10 Å². The second-order valence-corrected chi connectivity index (χ2v) is 6.70. The van der Waals surface area contributed by atoms with Crippen LogP contribution in [0.3, 0.4) is 0 Å². The number of nitrogens with zero attached hydrogens (tertiary/aromatic N) is 1. The van der Waals surface area contributed by atoms with Crippen LogP contribution in [-0.4, -0.2) is 38.9 Å². The molecule has 1 aliphatic rings. The number of halogens is 2. The minimum Gasteiger partial charge on any atom is -0.457 e. The summed E-state index contributed by atoms with van der Waals surface area (Å²) in [6.45, 7) is 1.47. The molecule has 24 heavy (non-hydrogen) atoms. The second-order valence-electron chi connectivity index (χ2n) is 5.82. The molecule has 1 heterocycles. The van der Waals surface area contributed by atoms with Gasteiger partial charge in [-0.05, 0) is 50.5 Å². The van der Waals surface area contributed by atoms with E-state index >= 15 is 0 Å². The predicted molar refractivity (Wildman–Crippen MR) is 95.4 cm³/mol. The van der Waals surface area contributed by atoms with Crippen LogP contribution < -0.4 is 9.47 Å². The summed E-state index contributed by atoms with van der Waals surface area (Å²) in [5, 5.41) is 1.26. The van der Waals surface area contributed by atoms with Gasteiger partial charge in [-0.3, -0.25) is 0 Å². The highest BCUT2D eigenvalue weighted by atomic mass is 35.5. The van der Waals surface area contributed by atoms with Gasteiger partial charge in [0.25, 0.3) is 0 Å². The largest absolute Gasteiger partial charge is 0.457 e. The minimum absolute atomic E-state index is 0.119. The number of rotatable bonds is 4. The van der Waals surface area contributed by atoms with Crippen molar-refractivity contribution >= 4 is 23.2 Å². The Morgan fingerprint density at radius 2 is 1.54 bits per heavy atom. The molecule has 2 aromatic rings. The van der Waals surface area contributed by atoms with Crippen LogP contribution in [0.4, 0.5) is 0 Å². The molecule has 0 unspecified atom stereocenters. The average Bonchev–Trinajstić information content (AvgIpc) is 2.53. The summed E-state index contributed by atoms with van der Waals surface area (Å²) in [5.74, 6) is 1.39. The van der Waals surface area contributed by atoms with Crippen LogP contribution in [0.1, 0.15) is 17.2 Å². The van der Waals surface area contributed by atoms with Gasteiger partial charge in [0.15, 0.2) is 0 Å². The highest BCUT2D eigenvalue weighted by Gasteiger charge is 2.26. The number of ether oxygens (including phenoxy) is 3. The van der Waals surface area contributed by atoms with E-state index in [0.29, 0.717) is 28.2 Å². The van der Waals surface area contributed by atoms with E-state index < -0.39 is 0 Å². The van der Waals surface area contributed by atoms with E-state index in [4.69, 9.17) is 37.4 Å². The van der Waals surface area contributed by atoms with Crippen LogP contribution in [0.5, 0.6) is 11.5 Å². The molecule has 0 aromatic heterocycles. The van der Waals surface area contributed by atoms with Crippen LogP contribution in [0.25, 0.3) is 0 Å². The first-order valence-corrected chi connectivity index (χ1v) is 8.41. The normalized spacial score (nSPS) is 14.2. The van der Waals surface area contributed by atoms with Crippen molar-refractivity contribution < 1.29 is 14.2 Å². The summed E-state index contributed by atoms with van der Waals surface area (Å²) in [6, 6.07) is 11.0. The molecule has 128 valence electrons. The van der Waals surface area contributed by atoms with E-state index in [1.165, 1.54) is 0 Å². The van der Waals surface area contributed by atoms with Crippen LogP contribution in [-0.2, 0) is 4.74 Å². The van der Waals surface area contributed by atoms with Gasteiger partial charge < -0.3 is 19.1 Å². The van der Waals surface area contributed by atoms with E-state index in [2.05, 4.69) is 4.90 Å². The van der Waals surface area contributed by atoms with Crippen molar-refractivity contribution in [1.82, 2.24) is 4.90 Å². The minimum atomic E-state index is -0.368. The molecule has 3 rings (SSSR count). The number of hydrogen-bond donors (Lipinski definition) is 0. The fraction of sp³-hybridized carbons (Fsp3) is 0.333. The highest BCUT2D eigenvalue weighted by molar-refractivity contribution is 6.31. The fourth-order valence-corrected chi connectivity index (χ4v) is 2.93. The SMILES string of the molecule is CN(C)CCOC1c2cc(Cl)ccc2OCOc2ccc(Cl)cc21. The maximum Gasteiger partial charge on any atom is 0.230 e. The van der Waals surface area contributed by atoms with E-state index in [1.54, 1.807) is 12.1 Å². The number of hydrogen-bond acceptors (Lipinski definition) is 4. The monoisotopic (exact) mass is 367 g/mol. The first-order valence-electron chi connectivity index (χ1n) is 7.65. The Hall–Kier alpha value is -1.46. The maximum atomic E-state index is 6.20. The van der Waals surface area contributed by atoms with Gasteiger partial charge in [-0.2, -0.15) is 0 Å². The van der Waals surface area contributed by atoms with Gasteiger partial charge in [0, 0.05) is 27.7 Å². The van der Waals surface area contributed by atoms with E-state index in [0.717, 1.165) is 17.7 Å². The predicted octanol–water partition coefficient (Wildman–Crippen LogP) is 4.39. The summed E-state index contributed by atoms with van der Waals surface area (Å²) in [4.78, 5) is 2.06. The standard InChI is InChI=1S/C18H19Cl2NO3/c1-21(2)7-8-22-18-14-9-12(19)3-5-16(14)23-11-24-17-6-4-13(20)10-15(17)18/h3-6,9-10,18H,7-8,11H2,1-2H3. The average molecular weight is 368 g/mol. The Labute approximate surface area is 151 Å². The maximum absolute atomic E-state index is 6.20. The van der Waals surface area contributed by atoms with E-state index in [-0.39, 0.29) is 12.9 Å². The lowest BCUT2D eigenvalue weighted by Gasteiger charge is -2.27. The zero-order valence-electron chi connectivity index (χ0n) is 13.6. The topological polar surface area (TPSA) is 30.9 Å². The third kappa shape index (κ3) is 3.95. The van der Waals surface area contributed by atoms with Gasteiger partial charge in [-0.1, -0.05) is 23.2 Å². The molecule has 1 aliphatic heterocycles. The lowest BCUT2D eigenvalue weighted by atomic mass is 9.99. The van der Waals surface area contributed by atoms with Crippen LogP contribution in [0.15, 0.2) is 36.4 Å². The van der Waals surface area contributed by atoms with E-state index in [1.807, 2.05) is 38.4 Å². The quantitative estimate of drug-likeness (QED) is 0.801. The van der Waals surface area contributed by atoms with Crippen molar-refractivity contribution in [3.63, 3.8) is 0 Å². The molecule has 0 atom stereocenters. The van der Waals surface area contributed by atoms with Crippen molar-refractivity contribution in [3.05, 3.63) is 57.6 Å². The summed E-state index contributed by atoms with van der Waals surface area (Å²) in [7, 11) is 4.01. The molecule has 2 aromatic carbocycles. The third-order valence-corrected chi connectivity index (χ3v) is 4.23. The Balaban J connectivity index is 2.04. The molecule has 0 saturated carbocycles. The Morgan fingerprint density at radius 3 is 2.04 bits per heavy atom. The Kier molecular flexibility index (Phi) is 5.51. The molecule has 6 heteroatoms. The summed E-state index contributed by atoms with van der Waals surface area (Å²) < 4.78 is 17.6. The highest BCUT2D eigenvalue weighted by Crippen LogP contribution is 2.41. The van der Waals surface area contributed by atoms with Gasteiger partial charge in [-0.15, -0.1) is 0 Å². The molecule has 0 fully saturated rings. The molecule has 0 radical (unpaired) electrons. The van der Waals surface area contributed by atoms with Gasteiger partial charge in [-0.25, -0.2) is 0 Å². The van der Waals surface area contributed by atoms with Gasteiger partial charge in [0.2, 0.25) is 6.79 Å². The summed E-state index contributed by atoms with van der Waals surface area (Å²) in [6.07, 6.45) is -0.368. The molecular formula is C18H19Cl2NO3. The van der Waals surface area contributed by atoms with Crippen molar-refractivity contribution in [3.8, 4) is 11.5 Å². The van der Waals surface area contributed by atoms with Gasteiger partial charge in [0.1, 0.15) is 17.6 Å².